The molecule has 1 aromatic carbocycles. The summed E-state index contributed by atoms with van der Waals surface area (Å²) in [5, 5.41) is 9.48. The number of ketones is 1. The predicted molar refractivity (Wildman–Crippen MR) is 55.8 cm³/mol. The van der Waals surface area contributed by atoms with Crippen LogP contribution in [0.3, 0.4) is 0 Å². The van der Waals surface area contributed by atoms with Gasteiger partial charge in [-0.3, -0.25) is 4.79 Å². The van der Waals surface area contributed by atoms with E-state index < -0.39 is 0 Å². The van der Waals surface area contributed by atoms with E-state index in [1.54, 1.807) is 12.1 Å². The summed E-state index contributed by atoms with van der Waals surface area (Å²) in [7, 11) is 0. The molecule has 0 amide bonds. The Kier molecular flexibility index (Phi) is 2.95. The minimum atomic E-state index is -0.147. The molecule has 1 N–H and O–H groups in total. The zero-order chi connectivity index (χ0) is 9.30. The second-order valence-electron chi connectivity index (χ2n) is 2.31. The molecule has 0 radical (unpaired) electrons. The van der Waals surface area contributed by atoms with Gasteiger partial charge in [0.05, 0.1) is 8.59 Å². The van der Waals surface area contributed by atoms with Gasteiger partial charge in [-0.05, 0) is 41.6 Å². The van der Waals surface area contributed by atoms with E-state index in [9.17, 15) is 9.90 Å². The fourth-order valence-corrected chi connectivity index (χ4v) is 1.72. The van der Waals surface area contributed by atoms with Crippen LogP contribution in [0.15, 0.2) is 12.1 Å². The van der Waals surface area contributed by atoms with Gasteiger partial charge in [0.2, 0.25) is 0 Å². The van der Waals surface area contributed by atoms with Crippen molar-refractivity contribution in [2.75, 3.05) is 0 Å². The standard InChI is InChI=1S/C8H6ClIO2/c1-4(11)5-2-3-6(10)8(12)7(5)9/h2-3,12H,1H3. The molecule has 0 aliphatic heterocycles. The van der Waals surface area contributed by atoms with Gasteiger partial charge in [0.15, 0.2) is 5.78 Å². The third-order valence-corrected chi connectivity index (χ3v) is 2.70. The molecule has 0 fully saturated rings. The Hall–Kier alpha value is -0.290. The molecular weight excluding hydrogens is 290 g/mol. The maximum Gasteiger partial charge on any atom is 0.161 e. The fourth-order valence-electron chi connectivity index (χ4n) is 0.813. The lowest BCUT2D eigenvalue weighted by Crippen LogP contribution is -1.93. The average Bonchev–Trinajstić information content (AvgIpc) is 2.00. The lowest BCUT2D eigenvalue weighted by molar-refractivity contribution is 0.101. The third-order valence-electron chi connectivity index (χ3n) is 1.45. The molecule has 0 unspecified atom stereocenters. The summed E-state index contributed by atoms with van der Waals surface area (Å²) < 4.78 is 0.641. The summed E-state index contributed by atoms with van der Waals surface area (Å²) in [5.74, 6) is -0.170. The van der Waals surface area contributed by atoms with E-state index in [-0.39, 0.29) is 16.6 Å². The summed E-state index contributed by atoms with van der Waals surface area (Å²) >= 11 is 7.66. The highest BCUT2D eigenvalue weighted by atomic mass is 127. The van der Waals surface area contributed by atoms with Gasteiger partial charge in [-0.2, -0.15) is 0 Å². The number of benzene rings is 1. The van der Waals surface area contributed by atoms with Crippen LogP contribution in [-0.2, 0) is 0 Å². The summed E-state index contributed by atoms with van der Waals surface area (Å²) in [4.78, 5) is 10.9. The van der Waals surface area contributed by atoms with Gasteiger partial charge in [-0.25, -0.2) is 0 Å². The van der Waals surface area contributed by atoms with Crippen molar-refractivity contribution >= 4 is 40.0 Å². The summed E-state index contributed by atoms with van der Waals surface area (Å²) in [6.45, 7) is 1.41. The average molecular weight is 296 g/mol. The molecule has 1 rings (SSSR count). The topological polar surface area (TPSA) is 37.3 Å². The maximum atomic E-state index is 10.9. The SMILES string of the molecule is CC(=O)c1ccc(I)c(O)c1Cl. The Bertz CT molecular complexity index is 336. The van der Waals surface area contributed by atoms with Gasteiger partial charge in [0, 0.05) is 5.56 Å². The first-order chi connectivity index (χ1) is 5.54. The molecule has 0 aromatic heterocycles. The Morgan fingerprint density at radius 1 is 1.58 bits per heavy atom. The molecule has 12 heavy (non-hydrogen) atoms. The number of phenolic OH excluding ortho intramolecular Hbond substituents is 1. The molecule has 0 atom stereocenters. The van der Waals surface area contributed by atoms with Crippen LogP contribution in [0.4, 0.5) is 0 Å². The molecule has 0 heterocycles. The minimum Gasteiger partial charge on any atom is -0.505 e. The Morgan fingerprint density at radius 2 is 2.17 bits per heavy atom. The fraction of sp³-hybridized carbons (Fsp3) is 0.125. The van der Waals surface area contributed by atoms with Gasteiger partial charge in [0.25, 0.3) is 0 Å². The summed E-state index contributed by atoms with van der Waals surface area (Å²) in [5.41, 5.74) is 0.356. The molecule has 0 spiro atoms. The molecule has 64 valence electrons. The number of Topliss-reactive ketones (excluding diaryl/α,β-unsaturated/α-hetero) is 1. The Balaban J connectivity index is 3.36. The van der Waals surface area contributed by atoms with E-state index in [4.69, 9.17) is 11.6 Å². The molecule has 0 aliphatic carbocycles. The number of phenols is 1. The number of halogens is 2. The van der Waals surface area contributed by atoms with Gasteiger partial charge in [-0.15, -0.1) is 0 Å². The number of carbonyl (C=O) groups excluding carboxylic acids is 1. The number of hydrogen-bond acceptors (Lipinski definition) is 2. The van der Waals surface area contributed by atoms with Crippen LogP contribution in [-0.4, -0.2) is 10.9 Å². The predicted octanol–water partition coefficient (Wildman–Crippen LogP) is 2.85. The van der Waals surface area contributed by atoms with Crippen molar-refractivity contribution in [2.45, 2.75) is 6.92 Å². The van der Waals surface area contributed by atoms with Crippen molar-refractivity contribution in [3.05, 3.63) is 26.3 Å². The zero-order valence-corrected chi connectivity index (χ0v) is 9.18. The van der Waals surface area contributed by atoms with Crippen molar-refractivity contribution in [2.24, 2.45) is 0 Å². The van der Waals surface area contributed by atoms with Crippen LogP contribution in [0.2, 0.25) is 5.02 Å². The van der Waals surface area contributed by atoms with E-state index in [0.29, 0.717) is 9.13 Å². The molecule has 4 heteroatoms. The normalized spacial score (nSPS) is 9.92. The van der Waals surface area contributed by atoms with Gasteiger partial charge < -0.3 is 5.11 Å². The van der Waals surface area contributed by atoms with Crippen molar-refractivity contribution in [1.29, 1.82) is 0 Å². The van der Waals surface area contributed by atoms with Crippen LogP contribution in [0.5, 0.6) is 5.75 Å². The molecule has 0 aliphatic rings. The highest BCUT2D eigenvalue weighted by Gasteiger charge is 2.11. The largest absolute Gasteiger partial charge is 0.505 e. The van der Waals surface area contributed by atoms with E-state index >= 15 is 0 Å². The summed E-state index contributed by atoms with van der Waals surface area (Å²) in [6, 6.07) is 3.25. The minimum absolute atomic E-state index is 0.0232. The Morgan fingerprint density at radius 3 is 2.67 bits per heavy atom. The molecule has 0 saturated heterocycles. The summed E-state index contributed by atoms with van der Waals surface area (Å²) in [6.07, 6.45) is 0. The van der Waals surface area contributed by atoms with E-state index in [0.717, 1.165) is 0 Å². The molecule has 1 aromatic rings. The number of carbonyl (C=O) groups is 1. The van der Waals surface area contributed by atoms with E-state index in [2.05, 4.69) is 0 Å². The Labute approximate surface area is 88.7 Å². The van der Waals surface area contributed by atoms with Gasteiger partial charge in [-0.1, -0.05) is 11.6 Å². The molecular formula is C8H6ClIO2. The first-order valence-electron chi connectivity index (χ1n) is 3.22. The smallest absolute Gasteiger partial charge is 0.161 e. The van der Waals surface area contributed by atoms with Crippen LogP contribution < -0.4 is 0 Å². The second kappa shape index (κ2) is 3.62. The van der Waals surface area contributed by atoms with Crippen molar-refractivity contribution in [3.8, 4) is 5.75 Å². The van der Waals surface area contributed by atoms with Crippen molar-refractivity contribution in [1.82, 2.24) is 0 Å². The lowest BCUT2D eigenvalue weighted by atomic mass is 10.1. The van der Waals surface area contributed by atoms with Crippen molar-refractivity contribution < 1.29 is 9.90 Å². The number of aromatic hydroxyl groups is 1. The monoisotopic (exact) mass is 296 g/mol. The van der Waals surface area contributed by atoms with Gasteiger partial charge >= 0.3 is 0 Å². The van der Waals surface area contributed by atoms with Crippen molar-refractivity contribution in [3.63, 3.8) is 0 Å². The number of hydrogen-bond donors (Lipinski definition) is 1. The van der Waals surface area contributed by atoms with Crippen LogP contribution in [0, 0.1) is 3.57 Å². The zero-order valence-electron chi connectivity index (χ0n) is 6.27. The maximum absolute atomic E-state index is 10.9. The van der Waals surface area contributed by atoms with E-state index in [1.807, 2.05) is 22.6 Å². The number of rotatable bonds is 1. The van der Waals surface area contributed by atoms with E-state index in [1.165, 1.54) is 6.92 Å². The quantitative estimate of drug-likeness (QED) is 0.639. The van der Waals surface area contributed by atoms with Crippen LogP contribution >= 0.6 is 34.2 Å². The third kappa shape index (κ3) is 1.72. The first-order valence-corrected chi connectivity index (χ1v) is 4.67. The first kappa shape index (κ1) is 9.80. The van der Waals surface area contributed by atoms with Gasteiger partial charge in [0.1, 0.15) is 5.75 Å². The second-order valence-corrected chi connectivity index (χ2v) is 3.85. The molecule has 0 saturated carbocycles. The molecule has 2 nitrogen and oxygen atoms in total. The lowest BCUT2D eigenvalue weighted by Gasteiger charge is -2.03. The van der Waals surface area contributed by atoms with Crippen LogP contribution in [0.1, 0.15) is 17.3 Å². The highest BCUT2D eigenvalue weighted by molar-refractivity contribution is 14.1. The highest BCUT2D eigenvalue weighted by Crippen LogP contribution is 2.31. The van der Waals surface area contributed by atoms with Crippen LogP contribution in [0.25, 0.3) is 0 Å². The molecule has 0 bridgehead atoms.